The molecule has 23 heavy (non-hydrogen) atoms. The van der Waals surface area contributed by atoms with Crippen molar-refractivity contribution < 1.29 is 19.1 Å². The van der Waals surface area contributed by atoms with Gasteiger partial charge in [-0.15, -0.1) is 0 Å². The molecule has 4 nitrogen and oxygen atoms in total. The number of unbranched alkanes of at least 4 members (excludes halogenated alkanes) is 9. The topological polar surface area (TPSA) is 52.6 Å². The first kappa shape index (κ1) is 21.9. The van der Waals surface area contributed by atoms with E-state index in [1.807, 2.05) is 0 Å². The molecule has 0 amide bonds. The lowest BCUT2D eigenvalue weighted by Crippen LogP contribution is -2.19. The summed E-state index contributed by atoms with van der Waals surface area (Å²) in [5, 5.41) is 0. The van der Waals surface area contributed by atoms with Crippen LogP contribution in [-0.2, 0) is 19.1 Å². The monoisotopic (exact) mass is 328 g/mol. The van der Waals surface area contributed by atoms with Gasteiger partial charge in [-0.05, 0) is 19.3 Å². The fraction of sp³-hybridized carbons (Fsp3) is 0.895. The van der Waals surface area contributed by atoms with E-state index in [0.29, 0.717) is 13.1 Å². The van der Waals surface area contributed by atoms with E-state index in [-0.39, 0.29) is 18.5 Å². The Balaban J connectivity index is 3.68. The Morgan fingerprint density at radius 3 is 2.04 bits per heavy atom. The van der Waals surface area contributed by atoms with Gasteiger partial charge in [0.1, 0.15) is 6.10 Å². The van der Waals surface area contributed by atoms with E-state index in [1.165, 1.54) is 44.9 Å². The Bertz CT molecular complexity index is 279. The summed E-state index contributed by atoms with van der Waals surface area (Å²) in [5.41, 5.74) is 0. The minimum atomic E-state index is -0.328. The molecule has 0 aromatic carbocycles. The van der Waals surface area contributed by atoms with E-state index in [1.54, 1.807) is 0 Å². The van der Waals surface area contributed by atoms with Crippen LogP contribution in [0, 0.1) is 0 Å². The van der Waals surface area contributed by atoms with Crippen molar-refractivity contribution in [2.75, 3.05) is 6.61 Å². The van der Waals surface area contributed by atoms with Crippen molar-refractivity contribution in [1.29, 1.82) is 0 Å². The predicted molar refractivity (Wildman–Crippen MR) is 93.3 cm³/mol. The van der Waals surface area contributed by atoms with Crippen LogP contribution in [0.4, 0.5) is 0 Å². The molecule has 0 aromatic heterocycles. The Labute approximate surface area is 142 Å². The zero-order valence-corrected chi connectivity index (χ0v) is 15.2. The number of hydrogen-bond acceptors (Lipinski definition) is 4. The molecule has 4 heteroatoms. The number of esters is 1. The zero-order chi connectivity index (χ0) is 17.2. The van der Waals surface area contributed by atoms with Crippen molar-refractivity contribution in [1.82, 2.24) is 0 Å². The lowest BCUT2D eigenvalue weighted by Gasteiger charge is -2.14. The number of carbonyl (C=O) groups is 2. The number of ether oxygens (including phenoxy) is 2. The molecule has 0 aliphatic heterocycles. The number of rotatable bonds is 17. The molecule has 0 saturated carbocycles. The summed E-state index contributed by atoms with van der Waals surface area (Å²) in [4.78, 5) is 22.3. The Morgan fingerprint density at radius 1 is 0.870 bits per heavy atom. The fourth-order valence-corrected chi connectivity index (χ4v) is 2.59. The third-order valence-corrected chi connectivity index (χ3v) is 4.03. The van der Waals surface area contributed by atoms with Gasteiger partial charge in [0.15, 0.2) is 0 Å². The van der Waals surface area contributed by atoms with Crippen LogP contribution in [0.2, 0.25) is 0 Å². The zero-order valence-electron chi connectivity index (χ0n) is 15.2. The predicted octanol–water partition coefficient (Wildman–Crippen LogP) is 5.18. The van der Waals surface area contributed by atoms with Gasteiger partial charge < -0.3 is 9.47 Å². The summed E-state index contributed by atoms with van der Waals surface area (Å²) < 4.78 is 10.2. The van der Waals surface area contributed by atoms with Crippen LogP contribution in [-0.4, -0.2) is 25.2 Å². The summed E-state index contributed by atoms with van der Waals surface area (Å²) >= 11 is 0. The smallest absolute Gasteiger partial charge is 0.309 e. The molecule has 1 unspecified atom stereocenters. The second-order valence-electron chi connectivity index (χ2n) is 6.25. The van der Waals surface area contributed by atoms with Gasteiger partial charge in [0.25, 0.3) is 6.47 Å². The van der Waals surface area contributed by atoms with Crippen molar-refractivity contribution in [3.05, 3.63) is 0 Å². The van der Waals surface area contributed by atoms with Crippen LogP contribution in [0.3, 0.4) is 0 Å². The Kier molecular flexibility index (Phi) is 16.5. The Morgan fingerprint density at radius 2 is 1.43 bits per heavy atom. The molecule has 0 bridgehead atoms. The quantitative estimate of drug-likeness (QED) is 0.210. The van der Waals surface area contributed by atoms with Crippen LogP contribution in [0.25, 0.3) is 0 Å². The molecule has 0 aliphatic carbocycles. The molecule has 0 rings (SSSR count). The third kappa shape index (κ3) is 15.6. The minimum absolute atomic E-state index is 0.183. The van der Waals surface area contributed by atoms with Crippen LogP contribution in [0.1, 0.15) is 97.3 Å². The van der Waals surface area contributed by atoms with Gasteiger partial charge in [0.2, 0.25) is 0 Å². The first-order chi connectivity index (χ1) is 11.2. The van der Waals surface area contributed by atoms with Crippen LogP contribution in [0.5, 0.6) is 0 Å². The fourth-order valence-electron chi connectivity index (χ4n) is 2.59. The van der Waals surface area contributed by atoms with Gasteiger partial charge in [-0.2, -0.15) is 0 Å². The standard InChI is InChI=1S/C19H36O4/c1-3-5-7-9-11-13-15-22-19(21)16-18(23-17-20)14-12-10-8-6-4-2/h17-18H,3-16H2,1-2H3. The van der Waals surface area contributed by atoms with Gasteiger partial charge in [-0.25, -0.2) is 0 Å². The van der Waals surface area contributed by atoms with Gasteiger partial charge in [0.05, 0.1) is 13.0 Å². The van der Waals surface area contributed by atoms with E-state index >= 15 is 0 Å². The van der Waals surface area contributed by atoms with E-state index in [4.69, 9.17) is 9.47 Å². The molecule has 136 valence electrons. The molecule has 0 N–H and O–H groups in total. The summed E-state index contributed by atoms with van der Waals surface area (Å²) in [7, 11) is 0. The Hall–Kier alpha value is -1.06. The van der Waals surface area contributed by atoms with Crippen molar-refractivity contribution in [2.45, 2.75) is 103 Å². The van der Waals surface area contributed by atoms with Crippen LogP contribution in [0.15, 0.2) is 0 Å². The molecular formula is C19H36O4. The maximum atomic E-state index is 11.8. The molecular weight excluding hydrogens is 292 g/mol. The summed E-state index contributed by atoms with van der Waals surface area (Å²) in [6.45, 7) is 5.30. The highest BCUT2D eigenvalue weighted by atomic mass is 16.5. The minimum Gasteiger partial charge on any atom is -0.466 e. The summed E-state index contributed by atoms with van der Waals surface area (Å²) in [6.07, 6.45) is 13.4. The van der Waals surface area contributed by atoms with Crippen molar-refractivity contribution in [3.63, 3.8) is 0 Å². The maximum absolute atomic E-state index is 11.8. The van der Waals surface area contributed by atoms with Crippen LogP contribution >= 0.6 is 0 Å². The van der Waals surface area contributed by atoms with Crippen LogP contribution < -0.4 is 0 Å². The van der Waals surface area contributed by atoms with Crippen molar-refractivity contribution in [3.8, 4) is 0 Å². The first-order valence-electron chi connectivity index (χ1n) is 9.49. The van der Waals surface area contributed by atoms with E-state index in [0.717, 1.165) is 32.1 Å². The second kappa shape index (κ2) is 17.3. The van der Waals surface area contributed by atoms with Gasteiger partial charge in [-0.1, -0.05) is 71.6 Å². The highest BCUT2D eigenvalue weighted by Gasteiger charge is 2.15. The summed E-state index contributed by atoms with van der Waals surface area (Å²) in [6, 6.07) is 0. The third-order valence-electron chi connectivity index (χ3n) is 4.03. The highest BCUT2D eigenvalue weighted by molar-refractivity contribution is 5.70. The van der Waals surface area contributed by atoms with Crippen molar-refractivity contribution >= 4 is 12.4 Å². The van der Waals surface area contributed by atoms with Gasteiger partial charge in [0, 0.05) is 0 Å². The molecule has 0 spiro atoms. The molecule has 0 heterocycles. The summed E-state index contributed by atoms with van der Waals surface area (Å²) in [5.74, 6) is -0.251. The lowest BCUT2D eigenvalue weighted by atomic mass is 10.1. The molecule has 0 saturated heterocycles. The molecule has 1 atom stereocenters. The maximum Gasteiger partial charge on any atom is 0.309 e. The average molecular weight is 328 g/mol. The van der Waals surface area contributed by atoms with E-state index < -0.39 is 0 Å². The van der Waals surface area contributed by atoms with Gasteiger partial charge in [-0.3, -0.25) is 9.59 Å². The molecule has 0 radical (unpaired) electrons. The number of hydrogen-bond donors (Lipinski definition) is 0. The SMILES string of the molecule is CCCCCCCCOC(=O)CC(CCCCCCC)OC=O. The molecule has 0 aromatic rings. The van der Waals surface area contributed by atoms with E-state index in [9.17, 15) is 9.59 Å². The lowest BCUT2D eigenvalue weighted by molar-refractivity contribution is -0.149. The van der Waals surface area contributed by atoms with E-state index in [2.05, 4.69) is 13.8 Å². The highest BCUT2D eigenvalue weighted by Crippen LogP contribution is 2.12. The number of carbonyl (C=O) groups excluding carboxylic acids is 2. The molecule has 0 fully saturated rings. The average Bonchev–Trinajstić information content (AvgIpc) is 2.54. The van der Waals surface area contributed by atoms with Gasteiger partial charge >= 0.3 is 5.97 Å². The molecule has 0 aliphatic rings. The largest absolute Gasteiger partial charge is 0.466 e. The normalized spacial score (nSPS) is 11.9. The first-order valence-corrected chi connectivity index (χ1v) is 9.49. The van der Waals surface area contributed by atoms with Crippen molar-refractivity contribution in [2.24, 2.45) is 0 Å². The second-order valence-corrected chi connectivity index (χ2v) is 6.25.